The van der Waals surface area contributed by atoms with Crippen LogP contribution in [0.2, 0.25) is 0 Å². The minimum atomic E-state index is -0.178. The third-order valence-electron chi connectivity index (χ3n) is 1.29. The number of aromatic nitrogens is 1. The Morgan fingerprint density at radius 2 is 2.40 bits per heavy atom. The molecule has 1 amide bonds. The number of pyridine rings is 1. The molecule has 0 saturated heterocycles. The van der Waals surface area contributed by atoms with Gasteiger partial charge in [0.25, 0.3) is 5.91 Å². The van der Waals surface area contributed by atoms with E-state index in [0.29, 0.717) is 11.4 Å². The molecule has 1 aromatic heterocycles. The van der Waals surface area contributed by atoms with E-state index in [0.717, 1.165) is 0 Å². The van der Waals surface area contributed by atoms with Gasteiger partial charge >= 0.3 is 0 Å². The van der Waals surface area contributed by atoms with Crippen LogP contribution >= 0.6 is 0 Å². The fraction of sp³-hybridized carbons (Fsp3) is 0. The van der Waals surface area contributed by atoms with E-state index in [1.807, 2.05) is 0 Å². The smallest absolute Gasteiger partial charge is 0.267 e. The van der Waals surface area contributed by atoms with Crippen molar-refractivity contribution >= 4 is 11.7 Å². The van der Waals surface area contributed by atoms with Crippen molar-refractivity contribution in [3.8, 4) is 0 Å². The van der Waals surface area contributed by atoms with Gasteiger partial charge in [-0.05, 0) is 12.1 Å². The van der Waals surface area contributed by atoms with Gasteiger partial charge in [-0.2, -0.15) is 5.43 Å². The first kappa shape index (κ1) is 5.22. The second-order valence-electron chi connectivity index (χ2n) is 1.93. The summed E-state index contributed by atoms with van der Waals surface area (Å²) in [4.78, 5) is 14.7. The first-order chi connectivity index (χ1) is 4.88. The molecule has 0 bridgehead atoms. The lowest BCUT2D eigenvalue weighted by Crippen LogP contribution is -2.18. The highest BCUT2D eigenvalue weighted by Gasteiger charge is 2.19. The molecule has 4 nitrogen and oxygen atoms in total. The summed E-state index contributed by atoms with van der Waals surface area (Å²) in [5, 5.41) is 0. The zero-order valence-corrected chi connectivity index (χ0v) is 5.03. The van der Waals surface area contributed by atoms with Crippen LogP contribution in [-0.2, 0) is 0 Å². The maximum Gasteiger partial charge on any atom is 0.275 e. The van der Waals surface area contributed by atoms with Crippen LogP contribution in [0.4, 0.5) is 5.82 Å². The summed E-state index contributed by atoms with van der Waals surface area (Å²) in [6.45, 7) is 0. The van der Waals surface area contributed by atoms with Crippen molar-refractivity contribution in [2.24, 2.45) is 0 Å². The number of nitrogens with zero attached hydrogens (tertiary/aromatic N) is 2. The largest absolute Gasteiger partial charge is 0.275 e. The molecule has 0 fully saturated rings. The fourth-order valence-corrected chi connectivity index (χ4v) is 0.827. The van der Waals surface area contributed by atoms with Gasteiger partial charge in [-0.25, -0.2) is 10.4 Å². The van der Waals surface area contributed by atoms with Crippen LogP contribution in [0.25, 0.3) is 0 Å². The minimum Gasteiger partial charge on any atom is -0.267 e. The third-order valence-corrected chi connectivity index (χ3v) is 1.29. The van der Waals surface area contributed by atoms with E-state index in [2.05, 4.69) is 15.8 Å². The Morgan fingerprint density at radius 1 is 1.50 bits per heavy atom. The van der Waals surface area contributed by atoms with E-state index in [1.165, 1.54) is 0 Å². The van der Waals surface area contributed by atoms with Crippen molar-refractivity contribution in [3.63, 3.8) is 0 Å². The molecule has 2 rings (SSSR count). The van der Waals surface area contributed by atoms with Gasteiger partial charge in [0.15, 0.2) is 5.82 Å². The van der Waals surface area contributed by atoms with Crippen molar-refractivity contribution in [1.82, 2.24) is 15.8 Å². The summed E-state index contributed by atoms with van der Waals surface area (Å²) in [5.74, 6) is 0.301. The lowest BCUT2D eigenvalue weighted by molar-refractivity contribution is 0.0957. The van der Waals surface area contributed by atoms with Crippen molar-refractivity contribution in [3.05, 3.63) is 23.9 Å². The van der Waals surface area contributed by atoms with Crippen molar-refractivity contribution < 1.29 is 4.79 Å². The van der Waals surface area contributed by atoms with E-state index >= 15 is 0 Å². The third kappa shape index (κ3) is 0.556. The maximum atomic E-state index is 10.8. The molecule has 0 aliphatic carbocycles. The molecule has 2 heterocycles. The van der Waals surface area contributed by atoms with Gasteiger partial charge in [-0.15, -0.1) is 0 Å². The molecule has 49 valence electrons. The summed E-state index contributed by atoms with van der Waals surface area (Å²) in [7, 11) is 0. The number of amides is 1. The number of fused-ring (bicyclic) bond motifs is 1. The van der Waals surface area contributed by atoms with Gasteiger partial charge in [0.2, 0.25) is 0 Å². The molecule has 1 aliphatic heterocycles. The highest BCUT2D eigenvalue weighted by molar-refractivity contribution is 6.00. The highest BCUT2D eigenvalue weighted by Crippen LogP contribution is 2.14. The molecule has 1 radical (unpaired) electrons. The molecule has 0 aromatic carbocycles. The van der Waals surface area contributed by atoms with Gasteiger partial charge in [-0.3, -0.25) is 4.79 Å². The van der Waals surface area contributed by atoms with E-state index in [-0.39, 0.29) is 5.91 Å². The zero-order valence-electron chi connectivity index (χ0n) is 5.03. The molecule has 1 N–H and O–H groups in total. The number of nitrogens with one attached hydrogen (secondary N) is 1. The number of carbonyl (C=O) groups is 1. The Bertz CT molecular complexity index is 284. The molecular formula is C6H4N3O. The van der Waals surface area contributed by atoms with Crippen LogP contribution in [0, 0.1) is 0 Å². The lowest BCUT2D eigenvalue weighted by Gasteiger charge is -1.87. The number of hydrogen-bond donors (Lipinski definition) is 1. The number of rotatable bonds is 0. The van der Waals surface area contributed by atoms with E-state index in [4.69, 9.17) is 0 Å². The Balaban J connectivity index is 2.61. The summed E-state index contributed by atoms with van der Waals surface area (Å²) < 4.78 is 0. The Morgan fingerprint density at radius 3 is 3.20 bits per heavy atom. The minimum absolute atomic E-state index is 0.178. The van der Waals surface area contributed by atoms with Gasteiger partial charge in [0.1, 0.15) is 0 Å². The monoisotopic (exact) mass is 134 g/mol. The van der Waals surface area contributed by atoms with Gasteiger partial charge in [-0.1, -0.05) is 0 Å². The van der Waals surface area contributed by atoms with Crippen molar-refractivity contribution in [1.29, 1.82) is 0 Å². The molecule has 1 aliphatic rings. The maximum absolute atomic E-state index is 10.8. The summed E-state index contributed by atoms with van der Waals surface area (Å²) in [6.07, 6.45) is 1.60. The molecule has 0 unspecified atom stereocenters. The van der Waals surface area contributed by atoms with E-state index in [1.54, 1.807) is 18.3 Å². The van der Waals surface area contributed by atoms with Crippen LogP contribution in [0.15, 0.2) is 18.3 Å². The van der Waals surface area contributed by atoms with E-state index < -0.39 is 0 Å². The molecular weight excluding hydrogens is 130 g/mol. The van der Waals surface area contributed by atoms with E-state index in [9.17, 15) is 4.79 Å². The molecule has 0 spiro atoms. The van der Waals surface area contributed by atoms with Crippen LogP contribution < -0.4 is 10.9 Å². The van der Waals surface area contributed by atoms with Crippen LogP contribution in [0.5, 0.6) is 0 Å². The van der Waals surface area contributed by atoms with Gasteiger partial charge in [0, 0.05) is 6.20 Å². The first-order valence-electron chi connectivity index (χ1n) is 2.84. The Hall–Kier alpha value is -1.58. The molecule has 0 saturated carbocycles. The standard InChI is InChI=1S/C6H4N3O/c10-6-4-2-1-3-7-5(4)8-9-6/h1-3H,(H,9,10). The average Bonchev–Trinajstić information content (AvgIpc) is 2.34. The van der Waals surface area contributed by atoms with Crippen molar-refractivity contribution in [2.45, 2.75) is 0 Å². The Labute approximate surface area is 57.2 Å². The second-order valence-corrected chi connectivity index (χ2v) is 1.93. The Kier molecular flexibility index (Phi) is 0.887. The lowest BCUT2D eigenvalue weighted by atomic mass is 10.3. The molecule has 0 atom stereocenters. The predicted molar refractivity (Wildman–Crippen MR) is 33.5 cm³/mol. The SMILES string of the molecule is O=C1N[N]c2ncccc21. The van der Waals surface area contributed by atoms with Gasteiger partial charge < -0.3 is 0 Å². The van der Waals surface area contributed by atoms with Crippen LogP contribution in [0.3, 0.4) is 0 Å². The summed E-state index contributed by atoms with van der Waals surface area (Å²) in [5.41, 5.74) is 6.52. The highest BCUT2D eigenvalue weighted by atomic mass is 16.2. The average molecular weight is 134 g/mol. The summed E-state index contributed by atoms with van der Waals surface area (Å²) >= 11 is 0. The van der Waals surface area contributed by atoms with Gasteiger partial charge in [0.05, 0.1) is 5.56 Å². The number of carbonyl (C=O) groups excluding carboxylic acids is 1. The second kappa shape index (κ2) is 1.70. The summed E-state index contributed by atoms with van der Waals surface area (Å²) in [6, 6.07) is 3.40. The number of hydrogen-bond acceptors (Lipinski definition) is 2. The first-order valence-corrected chi connectivity index (χ1v) is 2.84. The predicted octanol–water partition coefficient (Wildman–Crippen LogP) is -0.0241. The van der Waals surface area contributed by atoms with Crippen LogP contribution in [-0.4, -0.2) is 10.9 Å². The normalized spacial score (nSPS) is 13.8. The molecule has 1 aromatic rings. The fourth-order valence-electron chi connectivity index (χ4n) is 0.827. The van der Waals surface area contributed by atoms with Crippen LogP contribution in [0.1, 0.15) is 10.4 Å². The zero-order chi connectivity index (χ0) is 6.97. The van der Waals surface area contributed by atoms with Crippen molar-refractivity contribution in [2.75, 3.05) is 0 Å². The molecule has 4 heteroatoms. The quantitative estimate of drug-likeness (QED) is 0.542. The molecule has 10 heavy (non-hydrogen) atoms. The topological polar surface area (TPSA) is 56.1 Å².